The van der Waals surface area contributed by atoms with E-state index in [0.29, 0.717) is 5.56 Å². The van der Waals surface area contributed by atoms with Gasteiger partial charge in [-0.15, -0.1) is 0 Å². The van der Waals surface area contributed by atoms with Gasteiger partial charge in [-0.05, 0) is 18.6 Å². The highest BCUT2D eigenvalue weighted by Gasteiger charge is 2.05. The third kappa shape index (κ3) is 2.20. The molecule has 0 saturated heterocycles. The Labute approximate surface area is 73.9 Å². The Balaban J connectivity index is 3.07. The standard InChI is InChI=1S/C9H7F2NO/c1-6-2-7(4-12-5-13)9(11)3-8(6)10/h2-3H,4H2,1H3. The van der Waals surface area contributed by atoms with Gasteiger partial charge in [0.25, 0.3) is 0 Å². The third-order valence-corrected chi connectivity index (χ3v) is 1.64. The number of halogens is 2. The lowest BCUT2D eigenvalue weighted by Crippen LogP contribution is -1.93. The molecule has 4 heteroatoms. The zero-order valence-corrected chi connectivity index (χ0v) is 6.97. The largest absolute Gasteiger partial charge is 0.235 e. The van der Waals surface area contributed by atoms with Crippen molar-refractivity contribution in [1.82, 2.24) is 0 Å². The van der Waals surface area contributed by atoms with Crippen molar-refractivity contribution in [1.29, 1.82) is 0 Å². The van der Waals surface area contributed by atoms with E-state index in [1.54, 1.807) is 0 Å². The van der Waals surface area contributed by atoms with Crippen molar-refractivity contribution in [2.45, 2.75) is 13.5 Å². The fraction of sp³-hybridized carbons (Fsp3) is 0.222. The van der Waals surface area contributed by atoms with Gasteiger partial charge in [0.15, 0.2) is 0 Å². The van der Waals surface area contributed by atoms with Crippen molar-refractivity contribution in [3.8, 4) is 0 Å². The molecule has 0 aliphatic rings. The van der Waals surface area contributed by atoms with Crippen molar-refractivity contribution < 1.29 is 13.6 Å². The van der Waals surface area contributed by atoms with Gasteiger partial charge in [-0.2, -0.15) is 0 Å². The highest BCUT2D eigenvalue weighted by atomic mass is 19.1. The van der Waals surface area contributed by atoms with Crippen LogP contribution < -0.4 is 0 Å². The zero-order chi connectivity index (χ0) is 9.84. The summed E-state index contributed by atoms with van der Waals surface area (Å²) in [6.07, 6.45) is 1.29. The lowest BCUT2D eigenvalue weighted by molar-refractivity contribution is 0.558. The molecule has 0 bridgehead atoms. The molecule has 0 spiro atoms. The van der Waals surface area contributed by atoms with Crippen molar-refractivity contribution in [3.63, 3.8) is 0 Å². The summed E-state index contributed by atoms with van der Waals surface area (Å²) in [6.45, 7) is 1.42. The van der Waals surface area contributed by atoms with E-state index in [2.05, 4.69) is 4.99 Å². The number of hydrogen-bond acceptors (Lipinski definition) is 2. The molecule has 0 saturated carbocycles. The Bertz CT molecular complexity index is 370. The molecule has 68 valence electrons. The van der Waals surface area contributed by atoms with E-state index in [0.717, 1.165) is 6.07 Å². The highest BCUT2D eigenvalue weighted by molar-refractivity contribution is 5.34. The molecule has 13 heavy (non-hydrogen) atoms. The van der Waals surface area contributed by atoms with Crippen LogP contribution in [0.15, 0.2) is 17.1 Å². The first-order chi connectivity index (χ1) is 6.15. The Morgan fingerprint density at radius 2 is 2.08 bits per heavy atom. The van der Waals surface area contributed by atoms with Crippen LogP contribution in [0.2, 0.25) is 0 Å². The lowest BCUT2D eigenvalue weighted by Gasteiger charge is -2.01. The second-order valence-corrected chi connectivity index (χ2v) is 2.60. The van der Waals surface area contributed by atoms with E-state index in [-0.39, 0.29) is 12.1 Å². The van der Waals surface area contributed by atoms with Gasteiger partial charge in [-0.3, -0.25) is 0 Å². The van der Waals surface area contributed by atoms with Crippen LogP contribution in [0.4, 0.5) is 8.78 Å². The summed E-state index contributed by atoms with van der Waals surface area (Å²) in [4.78, 5) is 13.0. The third-order valence-electron chi connectivity index (χ3n) is 1.64. The van der Waals surface area contributed by atoms with E-state index in [9.17, 15) is 13.6 Å². The van der Waals surface area contributed by atoms with Crippen LogP contribution >= 0.6 is 0 Å². The summed E-state index contributed by atoms with van der Waals surface area (Å²) in [5.74, 6) is -1.29. The van der Waals surface area contributed by atoms with Crippen molar-refractivity contribution in [2.75, 3.05) is 0 Å². The van der Waals surface area contributed by atoms with Crippen LogP contribution in [0.25, 0.3) is 0 Å². The first kappa shape index (κ1) is 9.55. The number of nitrogens with zero attached hydrogens (tertiary/aromatic N) is 1. The van der Waals surface area contributed by atoms with Gasteiger partial charge in [0, 0.05) is 11.6 Å². The first-order valence-corrected chi connectivity index (χ1v) is 3.63. The van der Waals surface area contributed by atoms with E-state index in [4.69, 9.17) is 0 Å². The summed E-state index contributed by atoms with van der Waals surface area (Å²) in [5, 5.41) is 0. The SMILES string of the molecule is Cc1cc(CN=C=O)c(F)cc1F. The molecular weight excluding hydrogens is 176 g/mol. The van der Waals surface area contributed by atoms with Crippen LogP contribution in [0.5, 0.6) is 0 Å². The zero-order valence-electron chi connectivity index (χ0n) is 6.97. The molecule has 0 radical (unpaired) electrons. The quantitative estimate of drug-likeness (QED) is 0.510. The number of aryl methyl sites for hydroxylation is 1. The molecule has 0 heterocycles. The molecule has 0 aromatic heterocycles. The monoisotopic (exact) mass is 183 g/mol. The summed E-state index contributed by atoms with van der Waals surface area (Å²) in [7, 11) is 0. The second kappa shape index (κ2) is 3.92. The first-order valence-electron chi connectivity index (χ1n) is 3.63. The average molecular weight is 183 g/mol. The molecule has 1 aromatic rings. The Morgan fingerprint density at radius 1 is 1.38 bits per heavy atom. The topological polar surface area (TPSA) is 29.4 Å². The maximum absolute atomic E-state index is 12.9. The van der Waals surface area contributed by atoms with Gasteiger partial charge < -0.3 is 0 Å². The minimum atomic E-state index is -0.692. The average Bonchev–Trinajstić information content (AvgIpc) is 2.09. The number of hydrogen-bond donors (Lipinski definition) is 0. The summed E-state index contributed by atoms with van der Waals surface area (Å²) in [5.41, 5.74) is 0.528. The predicted molar refractivity (Wildman–Crippen MR) is 42.9 cm³/mol. The van der Waals surface area contributed by atoms with Gasteiger partial charge in [-0.25, -0.2) is 18.6 Å². The van der Waals surface area contributed by atoms with Crippen molar-refractivity contribution in [2.24, 2.45) is 4.99 Å². The van der Waals surface area contributed by atoms with Crippen LogP contribution in [-0.4, -0.2) is 6.08 Å². The number of rotatable bonds is 2. The summed E-state index contributed by atoms with van der Waals surface area (Å²) < 4.78 is 25.7. The van der Waals surface area contributed by atoms with E-state index in [1.807, 2.05) is 0 Å². The van der Waals surface area contributed by atoms with Crippen molar-refractivity contribution in [3.05, 3.63) is 34.9 Å². The van der Waals surface area contributed by atoms with Crippen LogP contribution in [-0.2, 0) is 11.3 Å². The second-order valence-electron chi connectivity index (χ2n) is 2.60. The maximum Gasteiger partial charge on any atom is 0.235 e. The minimum absolute atomic E-state index is 0.101. The molecule has 1 aromatic carbocycles. The molecule has 0 unspecified atom stereocenters. The van der Waals surface area contributed by atoms with Crippen molar-refractivity contribution >= 4 is 6.08 Å². The lowest BCUT2D eigenvalue weighted by atomic mass is 10.1. The number of isocyanates is 1. The van der Waals surface area contributed by atoms with Gasteiger partial charge in [0.2, 0.25) is 6.08 Å². The molecule has 0 aliphatic carbocycles. The van der Waals surface area contributed by atoms with Gasteiger partial charge in [0.05, 0.1) is 6.54 Å². The highest BCUT2D eigenvalue weighted by Crippen LogP contribution is 2.14. The van der Waals surface area contributed by atoms with Gasteiger partial charge in [-0.1, -0.05) is 0 Å². The van der Waals surface area contributed by atoms with Gasteiger partial charge >= 0.3 is 0 Å². The maximum atomic E-state index is 12.9. The van der Waals surface area contributed by atoms with Crippen LogP contribution in [0.3, 0.4) is 0 Å². The summed E-state index contributed by atoms with van der Waals surface area (Å²) >= 11 is 0. The van der Waals surface area contributed by atoms with E-state index >= 15 is 0 Å². The Kier molecular flexibility index (Phi) is 2.88. The van der Waals surface area contributed by atoms with Gasteiger partial charge in [0.1, 0.15) is 11.6 Å². The molecule has 0 atom stereocenters. The normalized spacial score (nSPS) is 9.46. The Morgan fingerprint density at radius 3 is 2.69 bits per heavy atom. The Hall–Kier alpha value is -1.54. The van der Waals surface area contributed by atoms with Crippen LogP contribution in [0.1, 0.15) is 11.1 Å². The molecule has 0 amide bonds. The molecular formula is C9H7F2NO. The molecule has 2 nitrogen and oxygen atoms in total. The number of benzene rings is 1. The number of carbonyl (C=O) groups excluding carboxylic acids is 1. The fourth-order valence-electron chi connectivity index (χ4n) is 0.956. The predicted octanol–water partition coefficient (Wildman–Crippen LogP) is 2.11. The minimum Gasteiger partial charge on any atom is -0.211 e. The smallest absolute Gasteiger partial charge is 0.211 e. The van der Waals surface area contributed by atoms with Crippen LogP contribution in [0, 0.1) is 18.6 Å². The molecule has 0 aliphatic heterocycles. The molecule has 0 fully saturated rings. The fourth-order valence-corrected chi connectivity index (χ4v) is 0.956. The van der Waals surface area contributed by atoms with E-state index in [1.165, 1.54) is 19.1 Å². The number of aliphatic imine (C=N–C) groups is 1. The summed E-state index contributed by atoms with van der Waals surface area (Å²) in [6, 6.07) is 2.11. The molecule has 0 N–H and O–H groups in total. The molecule has 1 rings (SSSR count). The van der Waals surface area contributed by atoms with E-state index < -0.39 is 11.6 Å².